The molecule has 40 heavy (non-hydrogen) atoms. The molecule has 5 nitrogen and oxygen atoms in total. The van der Waals surface area contributed by atoms with Crippen LogP contribution in [0.25, 0.3) is 22.0 Å². The molecule has 6 heteroatoms. The van der Waals surface area contributed by atoms with Gasteiger partial charge in [0.25, 0.3) is 0 Å². The van der Waals surface area contributed by atoms with Gasteiger partial charge in [-0.2, -0.15) is 0 Å². The van der Waals surface area contributed by atoms with Crippen molar-refractivity contribution < 1.29 is 13.9 Å². The first-order valence-corrected chi connectivity index (χ1v) is 14.5. The largest absolute Gasteiger partial charge is 0.385 e. The van der Waals surface area contributed by atoms with Gasteiger partial charge < -0.3 is 19.5 Å². The maximum atomic E-state index is 14.3. The number of halogens is 1. The Hall–Kier alpha value is -3.48. The van der Waals surface area contributed by atoms with Gasteiger partial charge in [0.05, 0.1) is 11.4 Å². The van der Waals surface area contributed by atoms with E-state index in [-0.39, 0.29) is 29.6 Å². The number of fused-ring (bicyclic) bond motifs is 1. The van der Waals surface area contributed by atoms with Gasteiger partial charge >= 0.3 is 0 Å². The fourth-order valence-corrected chi connectivity index (χ4v) is 6.30. The number of hydrogen-bond donors (Lipinski definition) is 1. The van der Waals surface area contributed by atoms with Crippen molar-refractivity contribution in [2.75, 3.05) is 26.8 Å². The van der Waals surface area contributed by atoms with Gasteiger partial charge in [0.15, 0.2) is 0 Å². The van der Waals surface area contributed by atoms with Crippen LogP contribution in [-0.4, -0.2) is 48.2 Å². The topological polar surface area (TPSA) is 46.5 Å². The molecule has 0 radical (unpaired) electrons. The quantitative estimate of drug-likeness (QED) is 0.238. The molecule has 2 heterocycles. The Bertz CT molecular complexity index is 1460. The molecule has 1 amide bonds. The monoisotopic (exact) mass is 539 g/mol. The lowest BCUT2D eigenvalue weighted by Crippen LogP contribution is -2.47. The number of nitrogens with one attached hydrogen (secondary N) is 1. The standard InChI is InChI=1S/C34H38FN3O2/c1-40-18-6-17-37-22-27(31-14-11-28(35)20-33(31)37)23-38(29-12-13-29)34(39)32-21-36-16-15-30(32)26-10-5-9-25(19-26)24-7-3-2-4-8-24/h2-5,7-11,14,19-20,22,29-30,32,36H,6,12-13,15-18,21,23H2,1H3/t30-,32+/m1/s1. The van der Waals surface area contributed by atoms with Crippen molar-refractivity contribution in [2.24, 2.45) is 5.92 Å². The number of hydrogen-bond acceptors (Lipinski definition) is 3. The van der Waals surface area contributed by atoms with E-state index in [9.17, 15) is 9.18 Å². The molecule has 0 unspecified atom stereocenters. The Kier molecular flexibility index (Phi) is 7.98. The predicted molar refractivity (Wildman–Crippen MR) is 158 cm³/mol. The molecule has 1 aliphatic carbocycles. The molecule has 1 N–H and O–H groups in total. The second-order valence-electron chi connectivity index (χ2n) is 11.3. The molecule has 2 fully saturated rings. The number of amides is 1. The van der Waals surface area contributed by atoms with Crippen molar-refractivity contribution in [3.05, 3.63) is 95.9 Å². The summed E-state index contributed by atoms with van der Waals surface area (Å²) in [4.78, 5) is 16.4. The molecule has 3 aromatic carbocycles. The van der Waals surface area contributed by atoms with Gasteiger partial charge in [-0.3, -0.25) is 4.79 Å². The zero-order valence-corrected chi connectivity index (χ0v) is 23.2. The third kappa shape index (κ3) is 5.70. The first-order chi connectivity index (χ1) is 19.6. The van der Waals surface area contributed by atoms with Gasteiger partial charge in [-0.15, -0.1) is 0 Å². The zero-order valence-electron chi connectivity index (χ0n) is 23.2. The lowest BCUT2D eigenvalue weighted by molar-refractivity contribution is -0.138. The van der Waals surface area contributed by atoms with E-state index in [1.165, 1.54) is 22.8 Å². The van der Waals surface area contributed by atoms with Crippen LogP contribution in [-0.2, 0) is 22.6 Å². The summed E-state index contributed by atoms with van der Waals surface area (Å²) in [6.07, 6.45) is 5.98. The number of methoxy groups -OCH3 is 1. The Morgan fingerprint density at radius 2 is 1.85 bits per heavy atom. The van der Waals surface area contributed by atoms with Crippen molar-refractivity contribution in [3.8, 4) is 11.1 Å². The average Bonchev–Trinajstić information content (AvgIpc) is 3.79. The highest BCUT2D eigenvalue weighted by Crippen LogP contribution is 2.38. The van der Waals surface area contributed by atoms with Crippen LogP contribution in [0.15, 0.2) is 79.0 Å². The van der Waals surface area contributed by atoms with Gasteiger partial charge in [0, 0.05) is 51.0 Å². The Morgan fingerprint density at radius 3 is 2.65 bits per heavy atom. The molecular formula is C34H38FN3O2. The molecule has 1 saturated carbocycles. The number of carbonyl (C=O) groups is 1. The maximum Gasteiger partial charge on any atom is 0.228 e. The minimum atomic E-state index is -0.242. The van der Waals surface area contributed by atoms with Gasteiger partial charge in [0.1, 0.15) is 5.82 Å². The summed E-state index contributed by atoms with van der Waals surface area (Å²) in [6.45, 7) is 3.55. The van der Waals surface area contributed by atoms with E-state index >= 15 is 0 Å². The third-order valence-corrected chi connectivity index (χ3v) is 8.51. The summed E-state index contributed by atoms with van der Waals surface area (Å²) < 4.78 is 21.6. The molecule has 0 spiro atoms. The van der Waals surface area contributed by atoms with E-state index in [1.54, 1.807) is 13.2 Å². The molecule has 208 valence electrons. The molecular weight excluding hydrogens is 501 g/mol. The van der Waals surface area contributed by atoms with E-state index < -0.39 is 0 Å². The number of nitrogens with zero attached hydrogens (tertiary/aromatic N) is 2. The van der Waals surface area contributed by atoms with E-state index in [1.807, 2.05) is 12.1 Å². The lowest BCUT2D eigenvalue weighted by atomic mass is 9.79. The first kappa shape index (κ1) is 26.7. The minimum Gasteiger partial charge on any atom is -0.385 e. The van der Waals surface area contributed by atoms with Gasteiger partial charge in [-0.1, -0.05) is 54.6 Å². The zero-order chi connectivity index (χ0) is 27.5. The Morgan fingerprint density at radius 1 is 1.02 bits per heavy atom. The number of carbonyl (C=O) groups excluding carboxylic acids is 1. The maximum absolute atomic E-state index is 14.3. The van der Waals surface area contributed by atoms with Crippen LogP contribution in [0, 0.1) is 11.7 Å². The van der Waals surface area contributed by atoms with Crippen LogP contribution in [0.5, 0.6) is 0 Å². The highest BCUT2D eigenvalue weighted by Gasteiger charge is 2.40. The van der Waals surface area contributed by atoms with Crippen LogP contribution < -0.4 is 5.32 Å². The number of rotatable bonds is 10. The highest BCUT2D eigenvalue weighted by atomic mass is 19.1. The molecule has 4 aromatic rings. The normalized spacial score (nSPS) is 19.1. The van der Waals surface area contributed by atoms with Crippen molar-refractivity contribution in [2.45, 2.75) is 50.7 Å². The van der Waals surface area contributed by atoms with E-state index in [0.29, 0.717) is 19.7 Å². The number of benzene rings is 3. The number of piperidine rings is 1. The third-order valence-electron chi connectivity index (χ3n) is 8.51. The molecule has 1 aromatic heterocycles. The summed E-state index contributed by atoms with van der Waals surface area (Å²) in [6, 6.07) is 24.4. The smallest absolute Gasteiger partial charge is 0.228 e. The van der Waals surface area contributed by atoms with Crippen LogP contribution >= 0.6 is 0 Å². The van der Waals surface area contributed by atoms with Crippen molar-refractivity contribution in [1.82, 2.24) is 14.8 Å². The van der Waals surface area contributed by atoms with Crippen LogP contribution in [0.1, 0.15) is 42.7 Å². The van der Waals surface area contributed by atoms with E-state index in [0.717, 1.165) is 55.2 Å². The summed E-state index contributed by atoms with van der Waals surface area (Å²) in [5.41, 5.74) is 5.58. The fraction of sp³-hybridized carbons (Fsp3) is 0.382. The van der Waals surface area contributed by atoms with Crippen LogP contribution in [0.3, 0.4) is 0 Å². The molecule has 6 rings (SSSR count). The van der Waals surface area contributed by atoms with E-state index in [4.69, 9.17) is 4.74 Å². The molecule has 2 aliphatic rings. The second kappa shape index (κ2) is 11.9. The van der Waals surface area contributed by atoms with Crippen molar-refractivity contribution >= 4 is 16.8 Å². The lowest BCUT2D eigenvalue weighted by Gasteiger charge is -2.36. The minimum absolute atomic E-state index is 0.118. The molecule has 2 atom stereocenters. The summed E-state index contributed by atoms with van der Waals surface area (Å²) in [5, 5.41) is 4.52. The molecule has 0 bridgehead atoms. The molecule has 1 aliphatic heterocycles. The Labute approximate surface area is 235 Å². The van der Waals surface area contributed by atoms with Crippen LogP contribution in [0.2, 0.25) is 0 Å². The summed E-state index contributed by atoms with van der Waals surface area (Å²) in [7, 11) is 1.70. The fourth-order valence-electron chi connectivity index (χ4n) is 6.30. The number of aryl methyl sites for hydroxylation is 1. The summed E-state index contributed by atoms with van der Waals surface area (Å²) in [5.74, 6) is 0.0392. The highest BCUT2D eigenvalue weighted by molar-refractivity contribution is 5.86. The van der Waals surface area contributed by atoms with Gasteiger partial charge in [-0.25, -0.2) is 4.39 Å². The van der Waals surface area contributed by atoms with Crippen LogP contribution in [0.4, 0.5) is 4.39 Å². The number of aromatic nitrogens is 1. The average molecular weight is 540 g/mol. The van der Waals surface area contributed by atoms with Gasteiger partial charge in [0.2, 0.25) is 5.91 Å². The second-order valence-corrected chi connectivity index (χ2v) is 11.3. The molecule has 1 saturated heterocycles. The van der Waals surface area contributed by atoms with Crippen molar-refractivity contribution in [1.29, 1.82) is 0 Å². The summed E-state index contributed by atoms with van der Waals surface area (Å²) >= 11 is 0. The SMILES string of the molecule is COCCCn1cc(CN(C(=O)[C@H]2CNCC[C@@H]2c2cccc(-c3ccccc3)c2)C2CC2)c2ccc(F)cc21. The van der Waals surface area contributed by atoms with E-state index in [2.05, 4.69) is 69.5 Å². The van der Waals surface area contributed by atoms with Gasteiger partial charge in [-0.05, 0) is 78.6 Å². The first-order valence-electron chi connectivity index (χ1n) is 14.5. The Balaban J connectivity index is 1.28. The number of ether oxygens (including phenoxy) is 1. The predicted octanol–water partition coefficient (Wildman–Crippen LogP) is 6.37. The van der Waals surface area contributed by atoms with Crippen molar-refractivity contribution in [3.63, 3.8) is 0 Å².